The highest BCUT2D eigenvalue weighted by Crippen LogP contribution is 2.27. The maximum atomic E-state index is 12.1. The Bertz CT molecular complexity index is 801. The number of carbonyl (C=O) groups excluding carboxylic acids is 2. The average Bonchev–Trinajstić information content (AvgIpc) is 2.53. The molecule has 0 saturated heterocycles. The minimum atomic E-state index is -0.308. The van der Waals surface area contributed by atoms with E-state index in [0.29, 0.717) is 26.5 Å². The molecule has 0 aliphatic rings. The maximum Gasteiger partial charge on any atom is 0.262 e. The van der Waals surface area contributed by atoms with Crippen molar-refractivity contribution in [3.05, 3.63) is 57.5 Å². The molecule has 0 atom stereocenters. The standard InChI is InChI=1S/C19H20BrClN2O3/c1-19(2,3)23-18(25)12-4-7-14(8-5-12)22-17(24)11-26-16-9-6-13(21)10-15(16)20/h4-10H,11H2,1-3H3,(H,22,24)(H,23,25). The van der Waals surface area contributed by atoms with Crippen LogP contribution in [0.1, 0.15) is 31.1 Å². The molecule has 5 nitrogen and oxygen atoms in total. The summed E-state index contributed by atoms with van der Waals surface area (Å²) < 4.78 is 6.13. The molecule has 2 aromatic rings. The van der Waals surface area contributed by atoms with E-state index in [9.17, 15) is 9.59 Å². The molecule has 0 heterocycles. The molecule has 2 amide bonds. The lowest BCUT2D eigenvalue weighted by molar-refractivity contribution is -0.118. The van der Waals surface area contributed by atoms with Gasteiger partial charge in [0.2, 0.25) is 0 Å². The van der Waals surface area contributed by atoms with Gasteiger partial charge in [-0.1, -0.05) is 11.6 Å². The van der Waals surface area contributed by atoms with Gasteiger partial charge in [-0.25, -0.2) is 0 Å². The third-order valence-corrected chi connectivity index (χ3v) is 4.03. The second-order valence-electron chi connectivity index (χ2n) is 6.69. The van der Waals surface area contributed by atoms with Gasteiger partial charge in [-0.05, 0) is 79.2 Å². The predicted molar refractivity (Wildman–Crippen MR) is 107 cm³/mol. The van der Waals surface area contributed by atoms with Crippen LogP contribution in [-0.2, 0) is 4.79 Å². The molecule has 0 aromatic heterocycles. The third-order valence-electron chi connectivity index (χ3n) is 3.17. The molecule has 0 aliphatic heterocycles. The number of nitrogens with one attached hydrogen (secondary N) is 2. The molecule has 7 heteroatoms. The Morgan fingerprint density at radius 2 is 1.77 bits per heavy atom. The van der Waals surface area contributed by atoms with E-state index in [2.05, 4.69) is 26.6 Å². The molecule has 0 radical (unpaired) electrons. The number of amides is 2. The van der Waals surface area contributed by atoms with Crippen molar-refractivity contribution in [1.29, 1.82) is 0 Å². The number of ether oxygens (including phenoxy) is 1. The highest BCUT2D eigenvalue weighted by atomic mass is 79.9. The van der Waals surface area contributed by atoms with Crippen LogP contribution in [0.4, 0.5) is 5.69 Å². The third kappa shape index (κ3) is 6.35. The van der Waals surface area contributed by atoms with Gasteiger partial charge in [0.15, 0.2) is 6.61 Å². The molecule has 26 heavy (non-hydrogen) atoms. The van der Waals surface area contributed by atoms with Gasteiger partial charge in [-0.15, -0.1) is 0 Å². The second-order valence-corrected chi connectivity index (χ2v) is 7.98. The molecule has 0 saturated carbocycles. The Kier molecular flexibility index (Phi) is 6.67. The van der Waals surface area contributed by atoms with E-state index in [4.69, 9.17) is 16.3 Å². The van der Waals surface area contributed by atoms with Crippen LogP contribution in [0, 0.1) is 0 Å². The van der Waals surface area contributed by atoms with E-state index in [0.717, 1.165) is 0 Å². The van der Waals surface area contributed by atoms with Crippen molar-refractivity contribution in [2.75, 3.05) is 11.9 Å². The molecule has 0 spiro atoms. The van der Waals surface area contributed by atoms with Crippen molar-refractivity contribution in [3.63, 3.8) is 0 Å². The van der Waals surface area contributed by atoms with Crippen molar-refractivity contribution >= 4 is 45.0 Å². The zero-order valence-electron chi connectivity index (χ0n) is 14.7. The maximum absolute atomic E-state index is 12.1. The number of hydrogen-bond donors (Lipinski definition) is 2. The lowest BCUT2D eigenvalue weighted by atomic mass is 10.1. The van der Waals surface area contributed by atoms with Crippen molar-refractivity contribution in [3.8, 4) is 5.75 Å². The van der Waals surface area contributed by atoms with E-state index in [-0.39, 0.29) is 24.0 Å². The number of benzene rings is 2. The zero-order valence-corrected chi connectivity index (χ0v) is 17.1. The van der Waals surface area contributed by atoms with Crippen LogP contribution in [0.5, 0.6) is 5.75 Å². The van der Waals surface area contributed by atoms with Crippen molar-refractivity contribution in [2.24, 2.45) is 0 Å². The first-order valence-corrected chi connectivity index (χ1v) is 9.11. The van der Waals surface area contributed by atoms with Crippen LogP contribution in [0.3, 0.4) is 0 Å². The van der Waals surface area contributed by atoms with Crippen LogP contribution in [0.2, 0.25) is 5.02 Å². The summed E-state index contributed by atoms with van der Waals surface area (Å²) in [5.74, 6) is 0.0591. The van der Waals surface area contributed by atoms with Gasteiger partial charge >= 0.3 is 0 Å². The summed E-state index contributed by atoms with van der Waals surface area (Å²) >= 11 is 9.19. The average molecular weight is 440 g/mol. The smallest absolute Gasteiger partial charge is 0.262 e. The Morgan fingerprint density at radius 1 is 1.12 bits per heavy atom. The summed E-state index contributed by atoms with van der Waals surface area (Å²) in [6.07, 6.45) is 0. The molecule has 2 N–H and O–H groups in total. The van der Waals surface area contributed by atoms with Crippen molar-refractivity contribution in [2.45, 2.75) is 26.3 Å². The summed E-state index contributed by atoms with van der Waals surface area (Å²) in [5.41, 5.74) is 0.803. The lowest BCUT2D eigenvalue weighted by Crippen LogP contribution is -2.40. The molecular weight excluding hydrogens is 420 g/mol. The van der Waals surface area contributed by atoms with E-state index >= 15 is 0 Å². The number of rotatable bonds is 5. The predicted octanol–water partition coefficient (Wildman–Crippen LogP) is 4.65. The van der Waals surface area contributed by atoms with E-state index in [1.165, 1.54) is 0 Å². The van der Waals surface area contributed by atoms with Crippen LogP contribution in [0.15, 0.2) is 46.9 Å². The lowest BCUT2D eigenvalue weighted by Gasteiger charge is -2.20. The number of carbonyl (C=O) groups is 2. The Balaban J connectivity index is 1.90. The second kappa shape index (κ2) is 8.56. The zero-order chi connectivity index (χ0) is 19.3. The van der Waals surface area contributed by atoms with Gasteiger partial charge in [-0.3, -0.25) is 9.59 Å². The molecule has 2 aromatic carbocycles. The number of hydrogen-bond acceptors (Lipinski definition) is 3. The molecule has 0 aliphatic carbocycles. The fourth-order valence-corrected chi connectivity index (χ4v) is 2.85. The van der Waals surface area contributed by atoms with Crippen LogP contribution in [-0.4, -0.2) is 24.0 Å². The summed E-state index contributed by atoms with van der Waals surface area (Å²) in [6, 6.07) is 11.7. The van der Waals surface area contributed by atoms with Gasteiger partial charge in [0.25, 0.3) is 11.8 Å². The molecular formula is C19H20BrClN2O3. The van der Waals surface area contributed by atoms with E-state index < -0.39 is 0 Å². The van der Waals surface area contributed by atoms with Gasteiger partial charge in [0, 0.05) is 21.8 Å². The molecule has 0 bridgehead atoms. The minimum absolute atomic E-state index is 0.146. The first-order valence-electron chi connectivity index (χ1n) is 7.94. The van der Waals surface area contributed by atoms with Gasteiger partial charge in [-0.2, -0.15) is 0 Å². The molecule has 2 rings (SSSR count). The van der Waals surface area contributed by atoms with Crippen molar-refractivity contribution < 1.29 is 14.3 Å². The number of halogens is 2. The molecule has 0 fully saturated rings. The minimum Gasteiger partial charge on any atom is -0.483 e. The number of anilines is 1. The highest BCUT2D eigenvalue weighted by Gasteiger charge is 2.15. The van der Waals surface area contributed by atoms with Gasteiger partial charge in [0.05, 0.1) is 4.47 Å². The normalized spacial score (nSPS) is 11.0. The highest BCUT2D eigenvalue weighted by molar-refractivity contribution is 9.10. The summed E-state index contributed by atoms with van der Waals surface area (Å²) in [7, 11) is 0. The topological polar surface area (TPSA) is 67.4 Å². The van der Waals surface area contributed by atoms with Crippen LogP contribution < -0.4 is 15.4 Å². The SMILES string of the molecule is CC(C)(C)NC(=O)c1ccc(NC(=O)COc2ccc(Cl)cc2Br)cc1. The molecule has 0 unspecified atom stereocenters. The summed E-state index contributed by atoms with van der Waals surface area (Å²) in [6.45, 7) is 5.60. The fraction of sp³-hybridized carbons (Fsp3) is 0.263. The Morgan fingerprint density at radius 3 is 2.35 bits per heavy atom. The van der Waals surface area contributed by atoms with Gasteiger partial charge < -0.3 is 15.4 Å². The van der Waals surface area contributed by atoms with E-state index in [1.54, 1.807) is 42.5 Å². The monoisotopic (exact) mass is 438 g/mol. The first-order chi connectivity index (χ1) is 12.1. The van der Waals surface area contributed by atoms with Gasteiger partial charge in [0.1, 0.15) is 5.75 Å². The van der Waals surface area contributed by atoms with Crippen molar-refractivity contribution in [1.82, 2.24) is 5.32 Å². The quantitative estimate of drug-likeness (QED) is 0.713. The van der Waals surface area contributed by atoms with Crippen LogP contribution >= 0.6 is 27.5 Å². The Labute approximate surface area is 166 Å². The van der Waals surface area contributed by atoms with E-state index in [1.807, 2.05) is 20.8 Å². The summed E-state index contributed by atoms with van der Waals surface area (Å²) in [5, 5.41) is 6.18. The summed E-state index contributed by atoms with van der Waals surface area (Å²) in [4.78, 5) is 24.1. The Hall–Kier alpha value is -2.05. The molecule has 138 valence electrons. The van der Waals surface area contributed by atoms with Crippen LogP contribution in [0.25, 0.3) is 0 Å². The fourth-order valence-electron chi connectivity index (χ4n) is 2.05. The largest absolute Gasteiger partial charge is 0.483 e. The first kappa shape index (κ1) is 20.3.